The molecule has 0 aromatic carbocycles. The van der Waals surface area contributed by atoms with Gasteiger partial charge in [-0.2, -0.15) is 0 Å². The van der Waals surface area contributed by atoms with Crippen LogP contribution in [0, 0.1) is 5.92 Å². The second-order valence-electron chi connectivity index (χ2n) is 5.48. The summed E-state index contributed by atoms with van der Waals surface area (Å²) in [5.41, 5.74) is -0.964. The Hall–Kier alpha value is -1.18. The van der Waals surface area contributed by atoms with E-state index in [1.165, 1.54) is 0 Å². The molecule has 0 spiro atoms. The zero-order chi connectivity index (χ0) is 14.6. The van der Waals surface area contributed by atoms with Gasteiger partial charge in [-0.3, -0.25) is 9.59 Å². The Morgan fingerprint density at radius 3 is 3.10 bits per heavy atom. The Kier molecular flexibility index (Phi) is 4.95. The lowest BCUT2D eigenvalue weighted by Gasteiger charge is -2.22. The van der Waals surface area contributed by atoms with E-state index in [1.807, 2.05) is 0 Å². The van der Waals surface area contributed by atoms with Crippen molar-refractivity contribution in [2.75, 3.05) is 46.6 Å². The van der Waals surface area contributed by atoms with E-state index in [-0.39, 0.29) is 37.3 Å². The molecule has 2 aliphatic heterocycles. The molecule has 0 radical (unpaired) electrons. The molecule has 0 bridgehead atoms. The predicted molar refractivity (Wildman–Crippen MR) is 70.0 cm³/mol. The van der Waals surface area contributed by atoms with Gasteiger partial charge in [-0.05, 0) is 0 Å². The topological polar surface area (TPSA) is 88.1 Å². The molecule has 0 saturated carbocycles. The third kappa shape index (κ3) is 3.68. The van der Waals surface area contributed by atoms with Gasteiger partial charge in [0.15, 0.2) is 0 Å². The average molecular weight is 286 g/mol. The number of likely N-dealkylation sites (tertiary alicyclic amines) is 1. The summed E-state index contributed by atoms with van der Waals surface area (Å²) in [6, 6.07) is 0. The van der Waals surface area contributed by atoms with Crippen molar-refractivity contribution >= 4 is 11.8 Å². The quantitative estimate of drug-likeness (QED) is 0.637. The molecule has 2 rings (SSSR count). The van der Waals surface area contributed by atoms with E-state index in [0.29, 0.717) is 32.7 Å². The van der Waals surface area contributed by atoms with Gasteiger partial charge in [-0.25, -0.2) is 0 Å². The van der Waals surface area contributed by atoms with Gasteiger partial charge in [0.1, 0.15) is 5.60 Å². The van der Waals surface area contributed by atoms with Gasteiger partial charge < -0.3 is 24.8 Å². The molecular weight excluding hydrogens is 264 g/mol. The zero-order valence-electron chi connectivity index (χ0n) is 11.8. The van der Waals surface area contributed by atoms with Crippen molar-refractivity contribution in [3.05, 3.63) is 0 Å². The fourth-order valence-electron chi connectivity index (χ4n) is 2.50. The molecule has 2 fully saturated rings. The molecule has 2 atom stereocenters. The molecule has 2 unspecified atom stereocenters. The molecule has 0 aromatic rings. The van der Waals surface area contributed by atoms with Crippen LogP contribution in [0.3, 0.4) is 0 Å². The lowest BCUT2D eigenvalue weighted by atomic mass is 10.0. The van der Waals surface area contributed by atoms with Crippen LogP contribution in [0.25, 0.3) is 0 Å². The van der Waals surface area contributed by atoms with Crippen LogP contribution in [0.15, 0.2) is 0 Å². The minimum absolute atomic E-state index is 0.0230. The fourth-order valence-corrected chi connectivity index (χ4v) is 2.50. The van der Waals surface area contributed by atoms with E-state index in [4.69, 9.17) is 9.47 Å². The summed E-state index contributed by atoms with van der Waals surface area (Å²) >= 11 is 0. The number of hydrogen-bond acceptors (Lipinski definition) is 5. The van der Waals surface area contributed by atoms with Crippen molar-refractivity contribution in [1.29, 1.82) is 0 Å². The largest absolute Gasteiger partial charge is 0.386 e. The fraction of sp³-hybridized carbons (Fsp3) is 0.846. The molecule has 7 heteroatoms. The van der Waals surface area contributed by atoms with Gasteiger partial charge in [0.05, 0.1) is 19.1 Å². The molecule has 114 valence electrons. The van der Waals surface area contributed by atoms with E-state index in [1.54, 1.807) is 12.0 Å². The normalized spacial score (nSPS) is 30.0. The summed E-state index contributed by atoms with van der Waals surface area (Å²) in [5, 5.41) is 12.8. The number of hydrogen-bond donors (Lipinski definition) is 2. The first-order valence-electron chi connectivity index (χ1n) is 6.89. The molecular formula is C13H22N2O5. The summed E-state index contributed by atoms with van der Waals surface area (Å²) in [7, 11) is 1.58. The van der Waals surface area contributed by atoms with Crippen LogP contribution >= 0.6 is 0 Å². The Morgan fingerprint density at radius 1 is 1.65 bits per heavy atom. The van der Waals surface area contributed by atoms with Crippen molar-refractivity contribution in [3.63, 3.8) is 0 Å². The average Bonchev–Trinajstić information content (AvgIpc) is 3.01. The minimum atomic E-state index is -0.964. The van der Waals surface area contributed by atoms with Gasteiger partial charge >= 0.3 is 0 Å². The van der Waals surface area contributed by atoms with Crippen LogP contribution < -0.4 is 5.32 Å². The first kappa shape index (κ1) is 15.2. The number of nitrogens with one attached hydrogen (secondary N) is 1. The van der Waals surface area contributed by atoms with E-state index in [2.05, 4.69) is 5.32 Å². The first-order chi connectivity index (χ1) is 9.54. The summed E-state index contributed by atoms with van der Waals surface area (Å²) < 4.78 is 10.1. The number of methoxy groups -OCH3 is 1. The maximum absolute atomic E-state index is 12.0. The highest BCUT2D eigenvalue weighted by Gasteiger charge is 2.36. The SMILES string of the molecule is COCCN1CC(C(=O)NCC2(O)CCOC2)CC1=O. The van der Waals surface area contributed by atoms with Crippen molar-refractivity contribution in [2.24, 2.45) is 5.92 Å². The molecule has 2 saturated heterocycles. The monoisotopic (exact) mass is 286 g/mol. The highest BCUT2D eigenvalue weighted by Crippen LogP contribution is 2.20. The summed E-state index contributed by atoms with van der Waals surface area (Å²) in [5.74, 6) is -0.547. The van der Waals surface area contributed by atoms with Gasteiger partial charge in [0, 0.05) is 46.2 Å². The highest BCUT2D eigenvalue weighted by molar-refractivity contribution is 5.89. The van der Waals surface area contributed by atoms with Crippen molar-refractivity contribution in [3.8, 4) is 0 Å². The van der Waals surface area contributed by atoms with Gasteiger partial charge in [0.25, 0.3) is 0 Å². The van der Waals surface area contributed by atoms with E-state index in [0.717, 1.165) is 0 Å². The zero-order valence-corrected chi connectivity index (χ0v) is 11.8. The summed E-state index contributed by atoms with van der Waals surface area (Å²) in [4.78, 5) is 25.4. The lowest BCUT2D eigenvalue weighted by Crippen LogP contribution is -2.45. The molecule has 0 aromatic heterocycles. The Bertz CT molecular complexity index is 368. The number of amides is 2. The van der Waals surface area contributed by atoms with Crippen LogP contribution in [-0.4, -0.2) is 74.0 Å². The maximum Gasteiger partial charge on any atom is 0.225 e. The van der Waals surface area contributed by atoms with E-state index < -0.39 is 5.60 Å². The van der Waals surface area contributed by atoms with Crippen LogP contribution in [0.2, 0.25) is 0 Å². The van der Waals surface area contributed by atoms with E-state index in [9.17, 15) is 14.7 Å². The molecule has 2 N–H and O–H groups in total. The predicted octanol–water partition coefficient (Wildman–Crippen LogP) is -1.25. The second kappa shape index (κ2) is 6.51. The summed E-state index contributed by atoms with van der Waals surface area (Å²) in [6.07, 6.45) is 0.751. The third-order valence-electron chi connectivity index (χ3n) is 3.82. The Morgan fingerprint density at radius 2 is 2.45 bits per heavy atom. The molecule has 0 aliphatic carbocycles. The lowest BCUT2D eigenvalue weighted by molar-refractivity contribution is -0.129. The number of carbonyl (C=O) groups excluding carboxylic acids is 2. The highest BCUT2D eigenvalue weighted by atomic mass is 16.5. The first-order valence-corrected chi connectivity index (χ1v) is 6.89. The second-order valence-corrected chi connectivity index (χ2v) is 5.48. The van der Waals surface area contributed by atoms with Crippen molar-refractivity contribution in [2.45, 2.75) is 18.4 Å². The van der Waals surface area contributed by atoms with Crippen molar-refractivity contribution < 1.29 is 24.2 Å². The van der Waals surface area contributed by atoms with Gasteiger partial charge in [-0.15, -0.1) is 0 Å². The number of nitrogens with zero attached hydrogens (tertiary/aromatic N) is 1. The van der Waals surface area contributed by atoms with Crippen LogP contribution in [-0.2, 0) is 19.1 Å². The molecule has 20 heavy (non-hydrogen) atoms. The van der Waals surface area contributed by atoms with Gasteiger partial charge in [0.2, 0.25) is 11.8 Å². The number of aliphatic hydroxyl groups is 1. The summed E-state index contributed by atoms with van der Waals surface area (Å²) in [6.45, 7) is 2.33. The molecule has 2 amide bonds. The molecule has 2 aliphatic rings. The van der Waals surface area contributed by atoms with Crippen LogP contribution in [0.4, 0.5) is 0 Å². The number of ether oxygens (including phenoxy) is 2. The number of carbonyl (C=O) groups is 2. The minimum Gasteiger partial charge on any atom is -0.386 e. The van der Waals surface area contributed by atoms with Crippen molar-refractivity contribution in [1.82, 2.24) is 10.2 Å². The van der Waals surface area contributed by atoms with E-state index >= 15 is 0 Å². The standard InChI is InChI=1S/C13H22N2O5/c1-19-5-3-15-7-10(6-11(15)16)12(17)14-8-13(18)2-4-20-9-13/h10,18H,2-9H2,1H3,(H,14,17). The molecule has 2 heterocycles. The third-order valence-corrected chi connectivity index (χ3v) is 3.82. The molecule has 7 nitrogen and oxygen atoms in total. The smallest absolute Gasteiger partial charge is 0.225 e. The van der Waals surface area contributed by atoms with Crippen LogP contribution in [0.1, 0.15) is 12.8 Å². The van der Waals surface area contributed by atoms with Crippen LogP contribution in [0.5, 0.6) is 0 Å². The maximum atomic E-state index is 12.0. The number of rotatable bonds is 6. The van der Waals surface area contributed by atoms with Gasteiger partial charge in [-0.1, -0.05) is 0 Å². The Balaban J connectivity index is 1.77. The Labute approximate surface area is 118 Å².